The number of piperidine rings is 1. The van der Waals surface area contributed by atoms with Crippen molar-refractivity contribution in [2.45, 2.75) is 18.8 Å². The van der Waals surface area contributed by atoms with Crippen molar-refractivity contribution < 1.29 is 0 Å². The standard InChI is InChI=1S/C19H19ClN2/c20-16-5-6-17-15(12-16)4-3-14-2-1-9-22-19(14)18(17)13-7-10-21-11-8-13/h1-6,9,12-13,18,21H,7-8,10-11H2. The maximum atomic E-state index is 6.22. The molecule has 3 heteroatoms. The summed E-state index contributed by atoms with van der Waals surface area (Å²) in [6.45, 7) is 2.19. The third-order valence-corrected chi connectivity index (χ3v) is 5.08. The summed E-state index contributed by atoms with van der Waals surface area (Å²) in [7, 11) is 0. The smallest absolute Gasteiger partial charge is 0.0553 e. The van der Waals surface area contributed by atoms with Crippen molar-refractivity contribution in [2.75, 3.05) is 13.1 Å². The van der Waals surface area contributed by atoms with Gasteiger partial charge in [-0.05, 0) is 66.7 Å². The highest BCUT2D eigenvalue weighted by Crippen LogP contribution is 2.41. The number of benzene rings is 1. The summed E-state index contributed by atoms with van der Waals surface area (Å²) in [4.78, 5) is 4.75. The van der Waals surface area contributed by atoms with Crippen LogP contribution < -0.4 is 5.32 Å². The minimum atomic E-state index is 0.362. The molecular formula is C19H19ClN2. The summed E-state index contributed by atoms with van der Waals surface area (Å²) >= 11 is 6.22. The van der Waals surface area contributed by atoms with Crippen LogP contribution in [0.25, 0.3) is 12.2 Å². The fourth-order valence-corrected chi connectivity index (χ4v) is 3.97. The number of nitrogens with one attached hydrogen (secondary N) is 1. The molecule has 4 rings (SSSR count). The van der Waals surface area contributed by atoms with Crippen molar-refractivity contribution in [3.8, 4) is 0 Å². The van der Waals surface area contributed by atoms with Crippen LogP contribution in [0.3, 0.4) is 0 Å². The van der Waals surface area contributed by atoms with Gasteiger partial charge in [-0.15, -0.1) is 0 Å². The lowest BCUT2D eigenvalue weighted by Gasteiger charge is -2.31. The highest BCUT2D eigenvalue weighted by Gasteiger charge is 2.31. The predicted octanol–water partition coefficient (Wildman–Crippen LogP) is 4.35. The van der Waals surface area contributed by atoms with Gasteiger partial charge in [-0.2, -0.15) is 0 Å². The van der Waals surface area contributed by atoms with E-state index in [9.17, 15) is 0 Å². The number of aromatic nitrogens is 1. The quantitative estimate of drug-likeness (QED) is 0.847. The van der Waals surface area contributed by atoms with Crippen molar-refractivity contribution in [3.05, 3.63) is 63.9 Å². The summed E-state index contributed by atoms with van der Waals surface area (Å²) in [5, 5.41) is 4.27. The first-order valence-electron chi connectivity index (χ1n) is 7.96. The molecule has 1 aromatic carbocycles. The zero-order valence-corrected chi connectivity index (χ0v) is 13.2. The largest absolute Gasteiger partial charge is 0.317 e. The van der Waals surface area contributed by atoms with E-state index in [0.29, 0.717) is 11.8 Å². The van der Waals surface area contributed by atoms with Gasteiger partial charge in [0, 0.05) is 17.1 Å². The van der Waals surface area contributed by atoms with Crippen LogP contribution in [0.5, 0.6) is 0 Å². The van der Waals surface area contributed by atoms with E-state index in [1.54, 1.807) is 0 Å². The topological polar surface area (TPSA) is 24.9 Å². The summed E-state index contributed by atoms with van der Waals surface area (Å²) in [6.07, 6.45) is 8.68. The molecule has 1 aromatic heterocycles. The van der Waals surface area contributed by atoms with Crippen LogP contribution in [0, 0.1) is 5.92 Å². The number of halogens is 1. The van der Waals surface area contributed by atoms with Gasteiger partial charge in [0.2, 0.25) is 0 Å². The van der Waals surface area contributed by atoms with Gasteiger partial charge in [-0.1, -0.05) is 35.9 Å². The van der Waals surface area contributed by atoms with Crippen LogP contribution in [0.15, 0.2) is 36.5 Å². The monoisotopic (exact) mass is 310 g/mol. The second-order valence-electron chi connectivity index (χ2n) is 6.15. The van der Waals surface area contributed by atoms with E-state index >= 15 is 0 Å². The molecular weight excluding hydrogens is 292 g/mol. The Hall–Kier alpha value is -1.64. The lowest BCUT2D eigenvalue weighted by atomic mass is 9.76. The predicted molar refractivity (Wildman–Crippen MR) is 92.1 cm³/mol. The number of hydrogen-bond donors (Lipinski definition) is 1. The third-order valence-electron chi connectivity index (χ3n) is 4.85. The Morgan fingerprint density at radius 1 is 1.05 bits per heavy atom. The Balaban J connectivity index is 1.89. The van der Waals surface area contributed by atoms with Crippen LogP contribution in [-0.4, -0.2) is 18.1 Å². The second-order valence-corrected chi connectivity index (χ2v) is 6.59. The highest BCUT2D eigenvalue weighted by molar-refractivity contribution is 6.30. The lowest BCUT2D eigenvalue weighted by molar-refractivity contribution is 0.339. The third kappa shape index (κ3) is 2.47. The Bertz CT molecular complexity index is 717. The molecule has 0 bridgehead atoms. The van der Waals surface area contributed by atoms with E-state index in [4.69, 9.17) is 16.6 Å². The van der Waals surface area contributed by atoms with E-state index in [-0.39, 0.29) is 0 Å². The molecule has 2 aromatic rings. The van der Waals surface area contributed by atoms with Crippen molar-refractivity contribution in [1.82, 2.24) is 10.3 Å². The first-order chi connectivity index (χ1) is 10.8. The second kappa shape index (κ2) is 5.86. The van der Waals surface area contributed by atoms with Gasteiger partial charge in [0.15, 0.2) is 0 Å². The number of rotatable bonds is 1. The van der Waals surface area contributed by atoms with Gasteiger partial charge < -0.3 is 5.32 Å². The fraction of sp³-hybridized carbons (Fsp3) is 0.316. The van der Waals surface area contributed by atoms with E-state index in [1.165, 1.54) is 35.2 Å². The molecule has 2 aliphatic rings. The minimum absolute atomic E-state index is 0.362. The van der Waals surface area contributed by atoms with Gasteiger partial charge in [0.25, 0.3) is 0 Å². The van der Waals surface area contributed by atoms with Crippen LogP contribution in [0.4, 0.5) is 0 Å². The van der Waals surface area contributed by atoms with Crippen LogP contribution in [0.1, 0.15) is 41.1 Å². The summed E-state index contributed by atoms with van der Waals surface area (Å²) in [5.74, 6) is 0.996. The summed E-state index contributed by atoms with van der Waals surface area (Å²) in [5.41, 5.74) is 5.05. The number of fused-ring (bicyclic) bond motifs is 2. The molecule has 1 unspecified atom stereocenters. The molecule has 1 aliphatic heterocycles. The van der Waals surface area contributed by atoms with Gasteiger partial charge in [-0.25, -0.2) is 0 Å². The average Bonchev–Trinajstić information content (AvgIpc) is 2.72. The maximum Gasteiger partial charge on any atom is 0.0553 e. The minimum Gasteiger partial charge on any atom is -0.317 e. The summed E-state index contributed by atoms with van der Waals surface area (Å²) < 4.78 is 0. The molecule has 0 saturated carbocycles. The first kappa shape index (κ1) is 14.0. The van der Waals surface area contributed by atoms with Crippen LogP contribution >= 0.6 is 11.6 Å². The zero-order chi connectivity index (χ0) is 14.9. The molecule has 0 spiro atoms. The Morgan fingerprint density at radius 2 is 1.86 bits per heavy atom. The van der Waals surface area contributed by atoms with Crippen molar-refractivity contribution in [1.29, 1.82) is 0 Å². The van der Waals surface area contributed by atoms with Crippen LogP contribution in [0.2, 0.25) is 5.02 Å². The molecule has 112 valence electrons. The molecule has 1 fully saturated rings. The van der Waals surface area contributed by atoms with E-state index in [2.05, 4.69) is 35.7 Å². The molecule has 2 nitrogen and oxygen atoms in total. The number of pyridine rings is 1. The normalized spacial score (nSPS) is 21.0. The molecule has 1 atom stereocenters. The average molecular weight is 311 g/mol. The Morgan fingerprint density at radius 3 is 2.73 bits per heavy atom. The number of nitrogens with zero attached hydrogens (tertiary/aromatic N) is 1. The highest BCUT2D eigenvalue weighted by atomic mass is 35.5. The molecule has 0 radical (unpaired) electrons. The van der Waals surface area contributed by atoms with E-state index < -0.39 is 0 Å². The van der Waals surface area contributed by atoms with Gasteiger partial charge in [-0.3, -0.25) is 4.98 Å². The molecule has 0 amide bonds. The molecule has 2 heterocycles. The van der Waals surface area contributed by atoms with Gasteiger partial charge in [0.05, 0.1) is 5.69 Å². The molecule has 1 saturated heterocycles. The van der Waals surface area contributed by atoms with Crippen molar-refractivity contribution >= 4 is 23.8 Å². The van der Waals surface area contributed by atoms with Crippen molar-refractivity contribution in [2.24, 2.45) is 5.92 Å². The SMILES string of the molecule is Clc1ccc2c(c1)C=Cc1cccnc1C2C1CCNCC1. The number of hydrogen-bond acceptors (Lipinski definition) is 2. The lowest BCUT2D eigenvalue weighted by Crippen LogP contribution is -2.31. The zero-order valence-electron chi connectivity index (χ0n) is 12.4. The van der Waals surface area contributed by atoms with Crippen LogP contribution in [-0.2, 0) is 0 Å². The Kier molecular flexibility index (Phi) is 3.73. The van der Waals surface area contributed by atoms with E-state index in [1.807, 2.05) is 18.3 Å². The van der Waals surface area contributed by atoms with Gasteiger partial charge in [0.1, 0.15) is 0 Å². The fourth-order valence-electron chi connectivity index (χ4n) is 3.79. The first-order valence-corrected chi connectivity index (χ1v) is 8.34. The maximum absolute atomic E-state index is 6.22. The molecule has 22 heavy (non-hydrogen) atoms. The molecule has 1 N–H and O–H groups in total. The summed E-state index contributed by atoms with van der Waals surface area (Å²) in [6, 6.07) is 10.5. The molecule has 1 aliphatic carbocycles. The van der Waals surface area contributed by atoms with Gasteiger partial charge >= 0.3 is 0 Å². The van der Waals surface area contributed by atoms with Crippen molar-refractivity contribution in [3.63, 3.8) is 0 Å². The van der Waals surface area contributed by atoms with E-state index in [0.717, 1.165) is 18.1 Å². The Labute approximate surface area is 136 Å².